The minimum Gasteiger partial charge on any atom is -0.330 e. The molecule has 0 aliphatic rings. The molecule has 0 saturated carbocycles. The maximum Gasteiger partial charge on any atom is 0.232 e. The second-order valence-corrected chi connectivity index (χ2v) is 7.55. The van der Waals surface area contributed by atoms with Crippen molar-refractivity contribution in [2.45, 2.75) is 39.0 Å². The summed E-state index contributed by atoms with van der Waals surface area (Å²) in [5.74, 6) is 0.114. The smallest absolute Gasteiger partial charge is 0.232 e. The van der Waals surface area contributed by atoms with Crippen LogP contribution in [0.5, 0.6) is 0 Å². The van der Waals surface area contributed by atoms with Gasteiger partial charge in [0.25, 0.3) is 0 Å². The molecular formula is C14H24N2O2S. The van der Waals surface area contributed by atoms with Gasteiger partial charge in [-0.3, -0.25) is 4.72 Å². The number of sulfonamides is 1. The van der Waals surface area contributed by atoms with Crippen LogP contribution in [0.15, 0.2) is 24.3 Å². The van der Waals surface area contributed by atoms with Gasteiger partial charge in [0.1, 0.15) is 0 Å². The average Bonchev–Trinajstić information content (AvgIpc) is 2.27. The molecule has 1 aromatic rings. The van der Waals surface area contributed by atoms with Crippen LogP contribution in [-0.2, 0) is 15.4 Å². The standard InChI is InChI=1S/C14H24N2O2S/c1-14(2,3)12-8-4-5-9-13(12)16-19(17,18)11-7-6-10-15/h4-5,8-9,16H,6-7,10-11,15H2,1-3H3. The van der Waals surface area contributed by atoms with Gasteiger partial charge in [-0.2, -0.15) is 0 Å². The first kappa shape index (κ1) is 16.0. The zero-order valence-corrected chi connectivity index (χ0v) is 12.8. The molecule has 0 spiro atoms. The molecule has 0 heterocycles. The van der Waals surface area contributed by atoms with Gasteiger partial charge in [-0.15, -0.1) is 0 Å². The number of para-hydroxylation sites is 1. The fourth-order valence-electron chi connectivity index (χ4n) is 1.88. The van der Waals surface area contributed by atoms with Gasteiger partial charge in [-0.05, 0) is 36.4 Å². The van der Waals surface area contributed by atoms with Crippen LogP contribution in [0.3, 0.4) is 0 Å². The lowest BCUT2D eigenvalue weighted by molar-refractivity contribution is 0.589. The number of nitrogens with two attached hydrogens (primary N) is 1. The number of unbranched alkanes of at least 4 members (excludes halogenated alkanes) is 1. The highest BCUT2D eigenvalue weighted by Crippen LogP contribution is 2.29. The Bertz CT molecular complexity index is 504. The summed E-state index contributed by atoms with van der Waals surface area (Å²) < 4.78 is 26.7. The van der Waals surface area contributed by atoms with Crippen LogP contribution in [-0.4, -0.2) is 20.7 Å². The van der Waals surface area contributed by atoms with E-state index >= 15 is 0 Å². The van der Waals surface area contributed by atoms with Gasteiger partial charge in [0, 0.05) is 0 Å². The van der Waals surface area contributed by atoms with Crippen molar-refractivity contribution in [3.8, 4) is 0 Å². The molecule has 19 heavy (non-hydrogen) atoms. The lowest BCUT2D eigenvalue weighted by atomic mass is 9.86. The van der Waals surface area contributed by atoms with Crippen LogP contribution >= 0.6 is 0 Å². The molecule has 0 unspecified atom stereocenters. The predicted octanol–water partition coefficient (Wildman–Crippen LogP) is 2.46. The fraction of sp³-hybridized carbons (Fsp3) is 0.571. The number of hydrogen-bond acceptors (Lipinski definition) is 3. The summed E-state index contributed by atoms with van der Waals surface area (Å²) in [4.78, 5) is 0. The lowest BCUT2D eigenvalue weighted by Crippen LogP contribution is -2.21. The molecule has 0 aliphatic carbocycles. The van der Waals surface area contributed by atoms with Crippen molar-refractivity contribution in [2.75, 3.05) is 17.0 Å². The van der Waals surface area contributed by atoms with Gasteiger partial charge in [0.2, 0.25) is 10.0 Å². The third-order valence-corrected chi connectivity index (χ3v) is 4.22. The first-order valence-corrected chi connectivity index (χ1v) is 8.21. The Hall–Kier alpha value is -1.07. The highest BCUT2D eigenvalue weighted by molar-refractivity contribution is 7.92. The van der Waals surface area contributed by atoms with E-state index in [1.807, 2.05) is 18.2 Å². The molecule has 5 heteroatoms. The number of hydrogen-bond donors (Lipinski definition) is 2. The number of anilines is 1. The lowest BCUT2D eigenvalue weighted by Gasteiger charge is -2.23. The van der Waals surface area contributed by atoms with E-state index in [1.165, 1.54) is 0 Å². The normalized spacial score (nSPS) is 12.4. The van der Waals surface area contributed by atoms with E-state index in [0.29, 0.717) is 18.7 Å². The third-order valence-electron chi connectivity index (χ3n) is 2.87. The van der Waals surface area contributed by atoms with Crippen molar-refractivity contribution in [3.63, 3.8) is 0 Å². The van der Waals surface area contributed by atoms with Gasteiger partial charge >= 0.3 is 0 Å². The van der Waals surface area contributed by atoms with E-state index in [4.69, 9.17) is 5.73 Å². The van der Waals surface area contributed by atoms with Crippen LogP contribution < -0.4 is 10.5 Å². The SMILES string of the molecule is CC(C)(C)c1ccccc1NS(=O)(=O)CCCCN. The number of benzene rings is 1. The van der Waals surface area contributed by atoms with E-state index in [-0.39, 0.29) is 11.2 Å². The van der Waals surface area contributed by atoms with Crippen LogP contribution in [0.25, 0.3) is 0 Å². The molecule has 0 bridgehead atoms. The van der Waals surface area contributed by atoms with Crippen molar-refractivity contribution in [2.24, 2.45) is 5.73 Å². The average molecular weight is 284 g/mol. The number of nitrogens with one attached hydrogen (secondary N) is 1. The second-order valence-electron chi connectivity index (χ2n) is 5.71. The highest BCUT2D eigenvalue weighted by atomic mass is 32.2. The topological polar surface area (TPSA) is 72.2 Å². The Balaban J connectivity index is 2.88. The van der Waals surface area contributed by atoms with Gasteiger partial charge in [-0.25, -0.2) is 8.42 Å². The Morgan fingerprint density at radius 1 is 1.16 bits per heavy atom. The molecule has 0 aliphatic heterocycles. The summed E-state index contributed by atoms with van der Waals surface area (Å²) in [5.41, 5.74) is 6.94. The van der Waals surface area contributed by atoms with Gasteiger partial charge in [0.15, 0.2) is 0 Å². The molecule has 0 aromatic heterocycles. The maximum atomic E-state index is 12.0. The molecule has 4 nitrogen and oxygen atoms in total. The first-order chi connectivity index (χ1) is 8.76. The van der Waals surface area contributed by atoms with Crippen molar-refractivity contribution in [3.05, 3.63) is 29.8 Å². The van der Waals surface area contributed by atoms with Gasteiger partial charge in [-0.1, -0.05) is 39.0 Å². The minimum atomic E-state index is -3.30. The molecule has 108 valence electrons. The second kappa shape index (κ2) is 6.39. The summed E-state index contributed by atoms with van der Waals surface area (Å²) >= 11 is 0. The summed E-state index contributed by atoms with van der Waals surface area (Å²) in [7, 11) is -3.30. The van der Waals surface area contributed by atoms with Gasteiger partial charge < -0.3 is 5.73 Å². The van der Waals surface area contributed by atoms with Crippen molar-refractivity contribution < 1.29 is 8.42 Å². The predicted molar refractivity (Wildman–Crippen MR) is 80.8 cm³/mol. The zero-order valence-electron chi connectivity index (χ0n) is 11.9. The first-order valence-electron chi connectivity index (χ1n) is 6.56. The van der Waals surface area contributed by atoms with Crippen LogP contribution in [0.1, 0.15) is 39.2 Å². The largest absolute Gasteiger partial charge is 0.330 e. The fourth-order valence-corrected chi connectivity index (χ4v) is 3.08. The third kappa shape index (κ3) is 5.20. The van der Waals surface area contributed by atoms with Crippen molar-refractivity contribution in [1.29, 1.82) is 0 Å². The highest BCUT2D eigenvalue weighted by Gasteiger charge is 2.20. The number of rotatable bonds is 6. The Kier molecular flexibility index (Phi) is 5.38. The molecule has 3 N–H and O–H groups in total. The molecule has 0 fully saturated rings. The Labute approximate surface area is 116 Å². The summed E-state index contributed by atoms with van der Waals surface area (Å²) in [6.07, 6.45) is 1.31. The molecule has 0 amide bonds. The molecule has 1 aromatic carbocycles. The maximum absolute atomic E-state index is 12.0. The van der Waals surface area contributed by atoms with Crippen LogP contribution in [0.4, 0.5) is 5.69 Å². The molecule has 0 radical (unpaired) electrons. The quantitative estimate of drug-likeness (QED) is 0.788. The van der Waals surface area contributed by atoms with E-state index in [0.717, 1.165) is 12.0 Å². The summed E-state index contributed by atoms with van der Waals surface area (Å²) in [5, 5.41) is 0. The van der Waals surface area contributed by atoms with Gasteiger partial charge in [0.05, 0.1) is 11.4 Å². The Morgan fingerprint density at radius 3 is 2.37 bits per heavy atom. The minimum absolute atomic E-state index is 0.101. The van der Waals surface area contributed by atoms with E-state index in [1.54, 1.807) is 6.07 Å². The van der Waals surface area contributed by atoms with E-state index in [2.05, 4.69) is 25.5 Å². The van der Waals surface area contributed by atoms with Crippen LogP contribution in [0, 0.1) is 0 Å². The van der Waals surface area contributed by atoms with Crippen LogP contribution in [0.2, 0.25) is 0 Å². The van der Waals surface area contributed by atoms with E-state index < -0.39 is 10.0 Å². The summed E-state index contributed by atoms with van der Waals surface area (Å²) in [6, 6.07) is 7.53. The molecule has 1 rings (SSSR count). The monoisotopic (exact) mass is 284 g/mol. The van der Waals surface area contributed by atoms with Crippen molar-refractivity contribution >= 4 is 15.7 Å². The molecule has 0 saturated heterocycles. The van der Waals surface area contributed by atoms with Crippen molar-refractivity contribution in [1.82, 2.24) is 0 Å². The molecular weight excluding hydrogens is 260 g/mol. The van der Waals surface area contributed by atoms with E-state index in [9.17, 15) is 8.42 Å². The zero-order chi connectivity index (χ0) is 14.5. The summed E-state index contributed by atoms with van der Waals surface area (Å²) in [6.45, 7) is 6.71. The Morgan fingerprint density at radius 2 is 1.79 bits per heavy atom. The molecule has 0 atom stereocenters.